The van der Waals surface area contributed by atoms with Crippen LogP contribution in [-0.2, 0) is 4.79 Å². The zero-order chi connectivity index (χ0) is 15.0. The predicted molar refractivity (Wildman–Crippen MR) is 77.9 cm³/mol. The maximum atomic E-state index is 12.0. The Morgan fingerprint density at radius 1 is 1.33 bits per heavy atom. The second-order valence-corrected chi connectivity index (χ2v) is 5.97. The van der Waals surface area contributed by atoms with Crippen molar-refractivity contribution >= 4 is 17.6 Å². The second kappa shape index (κ2) is 5.48. The van der Waals surface area contributed by atoms with Crippen LogP contribution in [0.3, 0.4) is 0 Å². The molecule has 0 spiro atoms. The average molecular weight is 291 g/mol. The third-order valence-electron chi connectivity index (χ3n) is 4.68. The Kier molecular flexibility index (Phi) is 3.67. The minimum atomic E-state index is -0.197. The number of carbonyl (C=O) groups is 2. The van der Waals surface area contributed by atoms with Crippen LogP contribution in [0.1, 0.15) is 54.1 Å². The fraction of sp³-hybridized carbons (Fsp3) is 0.643. The van der Waals surface area contributed by atoms with Crippen LogP contribution in [0.15, 0.2) is 0 Å². The van der Waals surface area contributed by atoms with E-state index in [0.29, 0.717) is 23.9 Å². The number of nitrogens with zero attached hydrogens (tertiary/aromatic N) is 1. The zero-order valence-electron chi connectivity index (χ0n) is 12.1. The number of H-pyrrole nitrogens is 1. The Hall–Kier alpha value is -1.89. The molecule has 7 heteroatoms. The molecule has 2 amide bonds. The Labute approximate surface area is 123 Å². The SMILES string of the molecule is CNC(=O)c1[nH]nc2c1[C@H](C1CCC(N)CC1)CC(=O)N2. The summed E-state index contributed by atoms with van der Waals surface area (Å²) in [4.78, 5) is 23.9. The number of fused-ring (bicyclic) bond motifs is 1. The summed E-state index contributed by atoms with van der Waals surface area (Å²) in [5.41, 5.74) is 7.29. The second-order valence-electron chi connectivity index (χ2n) is 5.97. The molecule has 21 heavy (non-hydrogen) atoms. The number of nitrogens with one attached hydrogen (secondary N) is 3. The van der Waals surface area contributed by atoms with Crippen molar-refractivity contribution in [2.75, 3.05) is 12.4 Å². The summed E-state index contributed by atoms with van der Waals surface area (Å²) in [6.45, 7) is 0. The van der Waals surface area contributed by atoms with Crippen LogP contribution >= 0.6 is 0 Å². The van der Waals surface area contributed by atoms with Gasteiger partial charge in [0, 0.05) is 31.0 Å². The van der Waals surface area contributed by atoms with Crippen molar-refractivity contribution < 1.29 is 9.59 Å². The first-order valence-electron chi connectivity index (χ1n) is 7.46. The molecule has 1 aromatic heterocycles. The van der Waals surface area contributed by atoms with E-state index in [1.807, 2.05) is 0 Å². The van der Waals surface area contributed by atoms with Crippen molar-refractivity contribution in [2.45, 2.75) is 44.1 Å². The quantitative estimate of drug-likeness (QED) is 0.642. The summed E-state index contributed by atoms with van der Waals surface area (Å²) in [5.74, 6) is 0.711. The molecule has 2 aliphatic rings. The maximum absolute atomic E-state index is 12.0. The number of aromatic amines is 1. The minimum absolute atomic E-state index is 0.0303. The van der Waals surface area contributed by atoms with E-state index >= 15 is 0 Å². The summed E-state index contributed by atoms with van der Waals surface area (Å²) in [7, 11) is 1.59. The highest BCUT2D eigenvalue weighted by atomic mass is 16.2. The molecule has 114 valence electrons. The van der Waals surface area contributed by atoms with Gasteiger partial charge in [0.05, 0.1) is 0 Å². The third kappa shape index (κ3) is 2.53. The number of rotatable bonds is 2. The number of hydrogen-bond acceptors (Lipinski definition) is 4. The van der Waals surface area contributed by atoms with Crippen LogP contribution in [-0.4, -0.2) is 35.1 Å². The molecule has 2 heterocycles. The van der Waals surface area contributed by atoms with E-state index in [4.69, 9.17) is 5.73 Å². The molecule has 7 nitrogen and oxygen atoms in total. The van der Waals surface area contributed by atoms with E-state index in [1.165, 1.54) is 0 Å². The summed E-state index contributed by atoms with van der Waals surface area (Å²) in [5, 5.41) is 12.2. The van der Waals surface area contributed by atoms with Gasteiger partial charge in [0.15, 0.2) is 5.82 Å². The van der Waals surface area contributed by atoms with Crippen LogP contribution in [0.4, 0.5) is 5.82 Å². The molecule has 1 fully saturated rings. The highest BCUT2D eigenvalue weighted by Gasteiger charge is 2.38. The monoisotopic (exact) mass is 291 g/mol. The van der Waals surface area contributed by atoms with Gasteiger partial charge in [-0.2, -0.15) is 5.10 Å². The fourth-order valence-electron chi connectivity index (χ4n) is 3.54. The standard InChI is InChI=1S/C14H21N5O2/c1-16-14(21)12-11-9(7-2-4-8(15)5-3-7)6-10(20)17-13(11)19-18-12/h7-9H,2-6,15H2,1H3,(H,16,21)(H2,17,18,19,20)/t7?,8?,9-/m0/s1. The van der Waals surface area contributed by atoms with Crippen molar-refractivity contribution in [3.63, 3.8) is 0 Å². The van der Waals surface area contributed by atoms with E-state index in [1.54, 1.807) is 7.05 Å². The van der Waals surface area contributed by atoms with Crippen LogP contribution in [0.2, 0.25) is 0 Å². The number of nitrogens with two attached hydrogens (primary N) is 1. The molecule has 0 unspecified atom stereocenters. The number of hydrogen-bond donors (Lipinski definition) is 4. The lowest BCUT2D eigenvalue weighted by atomic mass is 9.73. The van der Waals surface area contributed by atoms with Crippen molar-refractivity contribution in [1.29, 1.82) is 0 Å². The lowest BCUT2D eigenvalue weighted by Gasteiger charge is -2.34. The molecule has 1 aliphatic heterocycles. The van der Waals surface area contributed by atoms with E-state index in [2.05, 4.69) is 20.8 Å². The van der Waals surface area contributed by atoms with Crippen molar-refractivity contribution in [3.05, 3.63) is 11.3 Å². The van der Waals surface area contributed by atoms with Gasteiger partial charge in [0.25, 0.3) is 5.91 Å². The van der Waals surface area contributed by atoms with Crippen LogP contribution < -0.4 is 16.4 Å². The molecule has 1 aliphatic carbocycles. The Morgan fingerprint density at radius 2 is 2.05 bits per heavy atom. The Bertz CT molecular complexity index is 560. The van der Waals surface area contributed by atoms with Gasteiger partial charge >= 0.3 is 0 Å². The van der Waals surface area contributed by atoms with Gasteiger partial charge in [-0.1, -0.05) is 0 Å². The zero-order valence-corrected chi connectivity index (χ0v) is 12.1. The number of aromatic nitrogens is 2. The van der Waals surface area contributed by atoms with Gasteiger partial charge in [0.2, 0.25) is 5.91 Å². The number of amides is 2. The Balaban J connectivity index is 1.94. The molecule has 1 saturated carbocycles. The topological polar surface area (TPSA) is 113 Å². The summed E-state index contributed by atoms with van der Waals surface area (Å²) in [6.07, 6.45) is 4.36. The predicted octanol–water partition coefficient (Wildman–Crippen LogP) is 0.713. The molecule has 3 rings (SSSR count). The van der Waals surface area contributed by atoms with Crippen molar-refractivity contribution in [2.24, 2.45) is 11.7 Å². The van der Waals surface area contributed by atoms with E-state index in [0.717, 1.165) is 31.2 Å². The fourth-order valence-corrected chi connectivity index (χ4v) is 3.54. The third-order valence-corrected chi connectivity index (χ3v) is 4.68. The lowest BCUT2D eigenvalue weighted by molar-refractivity contribution is -0.117. The average Bonchev–Trinajstić information content (AvgIpc) is 2.90. The molecule has 0 bridgehead atoms. The first kappa shape index (κ1) is 14.1. The van der Waals surface area contributed by atoms with Gasteiger partial charge in [-0.3, -0.25) is 14.7 Å². The molecule has 5 N–H and O–H groups in total. The van der Waals surface area contributed by atoms with E-state index in [-0.39, 0.29) is 23.8 Å². The largest absolute Gasteiger partial charge is 0.354 e. The molecular weight excluding hydrogens is 270 g/mol. The first-order chi connectivity index (χ1) is 10.1. The smallest absolute Gasteiger partial charge is 0.269 e. The van der Waals surface area contributed by atoms with Crippen molar-refractivity contribution in [3.8, 4) is 0 Å². The van der Waals surface area contributed by atoms with Gasteiger partial charge in [-0.25, -0.2) is 0 Å². The van der Waals surface area contributed by atoms with E-state index < -0.39 is 0 Å². The molecule has 0 aromatic carbocycles. The minimum Gasteiger partial charge on any atom is -0.354 e. The molecular formula is C14H21N5O2. The lowest BCUT2D eigenvalue weighted by Crippen LogP contribution is -2.33. The van der Waals surface area contributed by atoms with Gasteiger partial charge in [0.1, 0.15) is 5.69 Å². The maximum Gasteiger partial charge on any atom is 0.269 e. The van der Waals surface area contributed by atoms with Gasteiger partial charge in [-0.15, -0.1) is 0 Å². The summed E-state index contributed by atoms with van der Waals surface area (Å²) >= 11 is 0. The van der Waals surface area contributed by atoms with Crippen LogP contribution in [0.5, 0.6) is 0 Å². The van der Waals surface area contributed by atoms with E-state index in [9.17, 15) is 9.59 Å². The normalized spacial score (nSPS) is 28.7. The molecule has 0 saturated heterocycles. The van der Waals surface area contributed by atoms with Gasteiger partial charge < -0.3 is 16.4 Å². The summed E-state index contributed by atoms with van der Waals surface area (Å²) < 4.78 is 0. The van der Waals surface area contributed by atoms with Crippen LogP contribution in [0, 0.1) is 5.92 Å². The van der Waals surface area contributed by atoms with Crippen molar-refractivity contribution in [1.82, 2.24) is 15.5 Å². The van der Waals surface area contributed by atoms with Crippen LogP contribution in [0.25, 0.3) is 0 Å². The number of carbonyl (C=O) groups excluding carboxylic acids is 2. The highest BCUT2D eigenvalue weighted by Crippen LogP contribution is 2.43. The molecule has 0 radical (unpaired) electrons. The first-order valence-corrected chi connectivity index (χ1v) is 7.46. The summed E-state index contributed by atoms with van der Waals surface area (Å²) in [6, 6.07) is 0.265. The molecule has 1 atom stereocenters. The molecule has 1 aromatic rings. The number of anilines is 1. The van der Waals surface area contributed by atoms with Gasteiger partial charge in [-0.05, 0) is 31.6 Å². The highest BCUT2D eigenvalue weighted by molar-refractivity contribution is 6.00. The Morgan fingerprint density at radius 3 is 2.71 bits per heavy atom.